The van der Waals surface area contributed by atoms with E-state index in [9.17, 15) is 9.18 Å². The van der Waals surface area contributed by atoms with Crippen LogP contribution in [-0.4, -0.2) is 40.9 Å². The Morgan fingerprint density at radius 2 is 2.26 bits per heavy atom. The number of hydrogen-bond donors (Lipinski definition) is 1. The van der Waals surface area contributed by atoms with Gasteiger partial charge in [0.05, 0.1) is 11.6 Å². The quantitative estimate of drug-likeness (QED) is 0.800. The van der Waals surface area contributed by atoms with Gasteiger partial charge in [0.2, 0.25) is 0 Å². The molecule has 0 aromatic rings. The van der Waals surface area contributed by atoms with Gasteiger partial charge in [-0.2, -0.15) is 5.10 Å². The molecule has 146 valence electrons. The number of halogens is 1. The first-order valence-electron chi connectivity index (χ1n) is 10.6. The van der Waals surface area contributed by atoms with E-state index >= 15 is 0 Å². The maximum Gasteiger partial charge on any atom is 0.268 e. The molecule has 0 aromatic heterocycles. The summed E-state index contributed by atoms with van der Waals surface area (Å²) in [5.41, 5.74) is 2.10. The lowest BCUT2D eigenvalue weighted by molar-refractivity contribution is -0.117. The summed E-state index contributed by atoms with van der Waals surface area (Å²) in [6.07, 6.45) is 10.3. The molecule has 4 nitrogen and oxygen atoms in total. The highest BCUT2D eigenvalue weighted by Crippen LogP contribution is 2.91. The molecule has 1 N–H and O–H groups in total. The van der Waals surface area contributed by atoms with Crippen LogP contribution in [0.25, 0.3) is 0 Å². The van der Waals surface area contributed by atoms with Crippen LogP contribution in [0.2, 0.25) is 0 Å². The van der Waals surface area contributed by atoms with Crippen LogP contribution < -0.4 is 5.32 Å². The van der Waals surface area contributed by atoms with E-state index in [1.54, 1.807) is 6.08 Å². The number of fused-ring (bicyclic) bond motifs is 1. The van der Waals surface area contributed by atoms with E-state index in [4.69, 9.17) is 0 Å². The first-order chi connectivity index (χ1) is 12.9. The first kappa shape index (κ1) is 17.4. The summed E-state index contributed by atoms with van der Waals surface area (Å²) in [7, 11) is 0. The average Bonchev–Trinajstić information content (AvgIpc) is 3.01. The van der Waals surface area contributed by atoms with Gasteiger partial charge in [-0.1, -0.05) is 32.9 Å². The number of hydrogen-bond acceptors (Lipinski definition) is 3. The predicted molar refractivity (Wildman–Crippen MR) is 104 cm³/mol. The average molecular weight is 372 g/mol. The lowest BCUT2D eigenvalue weighted by atomic mass is 9.68. The first-order valence-corrected chi connectivity index (χ1v) is 10.6. The largest absolute Gasteiger partial charge is 0.344 e. The Balaban J connectivity index is 1.33. The molecule has 3 fully saturated rings. The molecule has 4 aliphatic carbocycles. The smallest absolute Gasteiger partial charge is 0.268 e. The van der Waals surface area contributed by atoms with Crippen LogP contribution in [0.5, 0.6) is 0 Å². The molecule has 5 rings (SSSR count). The number of hydrazone groups is 1. The summed E-state index contributed by atoms with van der Waals surface area (Å²) in [6.45, 7) is 7.60. The standard InChI is InChI=1S/C22H30FN3O/c1-4-10-26-18(14-6-5-7-16(23)11-14)12-17(25-26)19(27)24-22-13-15-8-9-20(22,2)21(15,22)3/h5-6,11,15-16,18H,4,7-10,12-13H2,1-3H3,(H,24,27)/t15-,16?,18?,20-,21?,22-/m1/s1. The molecule has 6 atom stereocenters. The van der Waals surface area contributed by atoms with Crippen molar-refractivity contribution in [3.05, 3.63) is 23.8 Å². The van der Waals surface area contributed by atoms with Crippen molar-refractivity contribution in [3.63, 3.8) is 0 Å². The minimum Gasteiger partial charge on any atom is -0.344 e. The van der Waals surface area contributed by atoms with Gasteiger partial charge in [0.15, 0.2) is 0 Å². The Hall–Kier alpha value is -1.65. The zero-order chi connectivity index (χ0) is 19.0. The van der Waals surface area contributed by atoms with Crippen molar-refractivity contribution in [2.24, 2.45) is 21.8 Å². The fraction of sp³-hybridized carbons (Fsp3) is 0.727. The van der Waals surface area contributed by atoms with Crippen molar-refractivity contribution in [1.29, 1.82) is 0 Å². The van der Waals surface area contributed by atoms with Gasteiger partial charge >= 0.3 is 0 Å². The molecular weight excluding hydrogens is 341 g/mol. The summed E-state index contributed by atoms with van der Waals surface area (Å²) >= 11 is 0. The minimum atomic E-state index is -0.928. The van der Waals surface area contributed by atoms with Gasteiger partial charge in [-0.25, -0.2) is 4.39 Å². The van der Waals surface area contributed by atoms with Crippen molar-refractivity contribution in [3.8, 4) is 0 Å². The Bertz CT molecular complexity index is 778. The lowest BCUT2D eigenvalue weighted by Crippen LogP contribution is -2.55. The molecule has 0 saturated heterocycles. The molecule has 1 heterocycles. The number of nitrogens with zero attached hydrogens (tertiary/aromatic N) is 2. The van der Waals surface area contributed by atoms with Crippen LogP contribution >= 0.6 is 0 Å². The summed E-state index contributed by atoms with van der Waals surface area (Å²) in [6, 6.07) is -0.0167. The van der Waals surface area contributed by atoms with Crippen molar-refractivity contribution < 1.29 is 9.18 Å². The zero-order valence-corrected chi connectivity index (χ0v) is 16.6. The number of rotatable bonds is 5. The molecule has 5 aliphatic rings. The second kappa shape index (κ2) is 5.45. The van der Waals surface area contributed by atoms with Crippen molar-refractivity contribution in [2.75, 3.05) is 6.54 Å². The fourth-order valence-corrected chi connectivity index (χ4v) is 7.01. The SMILES string of the molecule is CCCN1N=C(C(=O)N[C@]23C[C@H]4CC[C@]2(C)C43C)CC1C1=CC(F)CC=C1. The van der Waals surface area contributed by atoms with Crippen LogP contribution in [0, 0.1) is 16.7 Å². The second-order valence-corrected chi connectivity index (χ2v) is 9.58. The maximum atomic E-state index is 13.8. The molecule has 0 spiro atoms. The summed E-state index contributed by atoms with van der Waals surface area (Å²) in [5, 5.41) is 10.1. The number of carbonyl (C=O) groups excluding carboxylic acids is 1. The maximum absolute atomic E-state index is 13.8. The Morgan fingerprint density at radius 3 is 2.89 bits per heavy atom. The van der Waals surface area contributed by atoms with Gasteiger partial charge in [-0.05, 0) is 48.7 Å². The van der Waals surface area contributed by atoms with E-state index in [2.05, 4.69) is 31.2 Å². The second-order valence-electron chi connectivity index (χ2n) is 9.58. The van der Waals surface area contributed by atoms with Crippen LogP contribution in [-0.2, 0) is 4.79 Å². The lowest BCUT2D eigenvalue weighted by Gasteiger charge is -2.43. The summed E-state index contributed by atoms with van der Waals surface area (Å²) < 4.78 is 13.8. The summed E-state index contributed by atoms with van der Waals surface area (Å²) in [4.78, 5) is 13.1. The summed E-state index contributed by atoms with van der Waals surface area (Å²) in [5.74, 6) is 0.766. The van der Waals surface area contributed by atoms with Gasteiger partial charge in [0, 0.05) is 24.8 Å². The number of allylic oxidation sites excluding steroid dienone is 2. The molecule has 3 unspecified atom stereocenters. The predicted octanol–water partition coefficient (Wildman–Crippen LogP) is 3.75. The number of nitrogens with one attached hydrogen (secondary N) is 1. The molecule has 1 amide bonds. The van der Waals surface area contributed by atoms with E-state index in [-0.39, 0.29) is 28.3 Å². The van der Waals surface area contributed by atoms with E-state index in [1.165, 1.54) is 12.8 Å². The number of amides is 1. The molecule has 1 aliphatic heterocycles. The van der Waals surface area contributed by atoms with Crippen molar-refractivity contribution in [2.45, 2.75) is 77.0 Å². The highest BCUT2D eigenvalue weighted by atomic mass is 19.1. The molecule has 0 radical (unpaired) electrons. The monoisotopic (exact) mass is 371 g/mol. The highest BCUT2D eigenvalue weighted by molar-refractivity contribution is 6.39. The van der Waals surface area contributed by atoms with E-state index in [0.717, 1.165) is 30.9 Å². The van der Waals surface area contributed by atoms with Crippen LogP contribution in [0.4, 0.5) is 4.39 Å². The number of alkyl halides is 1. The Morgan fingerprint density at radius 1 is 1.44 bits per heavy atom. The third kappa shape index (κ3) is 1.98. The zero-order valence-electron chi connectivity index (χ0n) is 16.6. The van der Waals surface area contributed by atoms with Crippen LogP contribution in [0.15, 0.2) is 28.9 Å². The van der Waals surface area contributed by atoms with E-state index in [0.29, 0.717) is 18.6 Å². The van der Waals surface area contributed by atoms with Crippen LogP contribution in [0.1, 0.15) is 59.3 Å². The molecule has 3 saturated carbocycles. The van der Waals surface area contributed by atoms with E-state index < -0.39 is 6.17 Å². The molecular formula is C22H30FN3O. The number of carbonyl (C=O) groups is 1. The topological polar surface area (TPSA) is 44.7 Å². The van der Waals surface area contributed by atoms with Gasteiger partial charge in [-0.3, -0.25) is 9.80 Å². The normalized spacial score (nSPS) is 46.5. The van der Waals surface area contributed by atoms with Crippen molar-refractivity contribution in [1.82, 2.24) is 10.3 Å². The van der Waals surface area contributed by atoms with E-state index in [1.807, 2.05) is 17.2 Å². The minimum absolute atomic E-state index is 0.00825. The van der Waals surface area contributed by atoms with Gasteiger partial charge in [-0.15, -0.1) is 0 Å². The molecule has 5 heteroatoms. The van der Waals surface area contributed by atoms with Gasteiger partial charge in [0.25, 0.3) is 5.91 Å². The molecule has 0 bridgehead atoms. The Labute approximate surface area is 160 Å². The fourth-order valence-electron chi connectivity index (χ4n) is 7.01. The van der Waals surface area contributed by atoms with Gasteiger partial charge < -0.3 is 5.32 Å². The van der Waals surface area contributed by atoms with Gasteiger partial charge in [0.1, 0.15) is 11.9 Å². The van der Waals surface area contributed by atoms with Crippen LogP contribution in [0.3, 0.4) is 0 Å². The molecule has 0 aromatic carbocycles. The highest BCUT2D eigenvalue weighted by Gasteiger charge is 2.93. The Kier molecular flexibility index (Phi) is 3.52. The molecule has 27 heavy (non-hydrogen) atoms. The third-order valence-electron chi connectivity index (χ3n) is 8.74. The third-order valence-corrected chi connectivity index (χ3v) is 8.74. The van der Waals surface area contributed by atoms with Crippen molar-refractivity contribution >= 4 is 11.6 Å².